The summed E-state index contributed by atoms with van der Waals surface area (Å²) in [5.74, 6) is -1.97. The van der Waals surface area contributed by atoms with Crippen molar-refractivity contribution in [2.75, 3.05) is 12.1 Å². The second-order valence-electron chi connectivity index (χ2n) is 9.14. The first kappa shape index (κ1) is 23.5. The summed E-state index contributed by atoms with van der Waals surface area (Å²) in [5.41, 5.74) is 1.31. The maximum absolute atomic E-state index is 13.0. The SMILES string of the molecule is CC(=N)Nc1cccc(C2=C(C(=O)OCOC(=O)C(C)(C)C)N3C(=O)[C@H]([C@@H](C)O)[C@H]3C2)c1. The van der Waals surface area contributed by atoms with Crippen molar-refractivity contribution in [1.29, 1.82) is 5.41 Å². The Labute approximate surface area is 186 Å². The highest BCUT2D eigenvalue weighted by Crippen LogP contribution is 2.47. The van der Waals surface area contributed by atoms with Gasteiger partial charge in [-0.1, -0.05) is 12.1 Å². The highest BCUT2D eigenvalue weighted by Gasteiger charge is 2.57. The number of nitrogens with one attached hydrogen (secondary N) is 2. The van der Waals surface area contributed by atoms with Crippen molar-refractivity contribution in [3.05, 3.63) is 35.5 Å². The Morgan fingerprint density at radius 1 is 1.31 bits per heavy atom. The van der Waals surface area contributed by atoms with Crippen molar-refractivity contribution < 1.29 is 29.0 Å². The second-order valence-corrected chi connectivity index (χ2v) is 9.14. The van der Waals surface area contributed by atoms with Crippen LogP contribution in [0.15, 0.2) is 30.0 Å². The Bertz CT molecular complexity index is 992. The number of carbonyl (C=O) groups excluding carboxylic acids is 3. The molecule has 0 unspecified atom stereocenters. The van der Waals surface area contributed by atoms with Gasteiger partial charge in [-0.15, -0.1) is 0 Å². The number of hydrogen-bond donors (Lipinski definition) is 3. The fraction of sp³-hybridized carbons (Fsp3) is 0.478. The number of fused-ring (bicyclic) bond motifs is 1. The van der Waals surface area contributed by atoms with E-state index in [0.29, 0.717) is 23.2 Å². The Kier molecular flexibility index (Phi) is 6.41. The first-order chi connectivity index (χ1) is 14.9. The van der Waals surface area contributed by atoms with Crippen LogP contribution in [0.1, 0.15) is 46.6 Å². The van der Waals surface area contributed by atoms with Crippen LogP contribution in [-0.2, 0) is 23.9 Å². The number of nitrogens with zero attached hydrogens (tertiary/aromatic N) is 1. The van der Waals surface area contributed by atoms with E-state index in [4.69, 9.17) is 14.9 Å². The van der Waals surface area contributed by atoms with Gasteiger partial charge in [0.05, 0.1) is 29.3 Å². The predicted octanol–water partition coefficient (Wildman–Crippen LogP) is 2.51. The molecule has 9 nitrogen and oxygen atoms in total. The van der Waals surface area contributed by atoms with Crippen molar-refractivity contribution in [1.82, 2.24) is 4.90 Å². The van der Waals surface area contributed by atoms with Gasteiger partial charge in [-0.25, -0.2) is 4.79 Å². The highest BCUT2D eigenvalue weighted by molar-refractivity contribution is 6.07. The third kappa shape index (κ3) is 4.52. The third-order valence-corrected chi connectivity index (χ3v) is 5.46. The Morgan fingerprint density at radius 2 is 2.00 bits per heavy atom. The van der Waals surface area contributed by atoms with Gasteiger partial charge in [-0.3, -0.25) is 15.0 Å². The van der Waals surface area contributed by atoms with Crippen LogP contribution >= 0.6 is 0 Å². The fourth-order valence-corrected chi connectivity index (χ4v) is 3.94. The molecule has 9 heteroatoms. The van der Waals surface area contributed by atoms with Crippen LogP contribution in [0.3, 0.4) is 0 Å². The number of hydrogen-bond acceptors (Lipinski definition) is 7. The zero-order valence-corrected chi connectivity index (χ0v) is 18.9. The molecule has 0 spiro atoms. The Hall–Kier alpha value is -3.20. The molecule has 32 heavy (non-hydrogen) atoms. The molecule has 1 amide bonds. The van der Waals surface area contributed by atoms with Gasteiger partial charge in [0.15, 0.2) is 0 Å². The number of esters is 2. The predicted molar refractivity (Wildman–Crippen MR) is 117 cm³/mol. The van der Waals surface area contributed by atoms with Crippen LogP contribution in [-0.4, -0.2) is 52.6 Å². The molecular formula is C23H29N3O6. The summed E-state index contributed by atoms with van der Waals surface area (Å²) in [6, 6.07) is 6.82. The minimum absolute atomic E-state index is 0.0902. The maximum atomic E-state index is 13.0. The fourth-order valence-electron chi connectivity index (χ4n) is 3.94. The monoisotopic (exact) mass is 443 g/mol. The van der Waals surface area contributed by atoms with Crippen LogP contribution in [0.25, 0.3) is 5.57 Å². The Morgan fingerprint density at radius 3 is 2.59 bits per heavy atom. The standard InChI is InChI=1S/C23H29N3O6/c1-12(27)18-17-10-16(14-7-6-8-15(9-14)25-13(2)24)19(26(17)20(18)28)21(29)31-11-32-22(30)23(3,4)5/h6-9,12,17-18,27H,10-11H2,1-5H3,(H2,24,25)/t12-,17-,18-/m1/s1. The first-order valence-corrected chi connectivity index (χ1v) is 10.4. The number of benzene rings is 1. The molecule has 0 aromatic heterocycles. The summed E-state index contributed by atoms with van der Waals surface area (Å²) in [6.07, 6.45) is -0.470. The zero-order valence-electron chi connectivity index (χ0n) is 18.9. The van der Waals surface area contributed by atoms with E-state index in [-0.39, 0.29) is 23.5 Å². The normalized spacial score (nSPS) is 20.9. The molecule has 2 aliphatic rings. The first-order valence-electron chi connectivity index (χ1n) is 10.4. The van der Waals surface area contributed by atoms with E-state index in [2.05, 4.69) is 5.32 Å². The molecule has 3 rings (SSSR count). The lowest BCUT2D eigenvalue weighted by molar-refractivity contribution is -0.175. The average Bonchev–Trinajstić information content (AvgIpc) is 3.01. The number of ether oxygens (including phenoxy) is 2. The summed E-state index contributed by atoms with van der Waals surface area (Å²) in [7, 11) is 0. The largest absolute Gasteiger partial charge is 0.427 e. The van der Waals surface area contributed by atoms with E-state index in [1.54, 1.807) is 58.9 Å². The molecule has 1 aromatic carbocycles. The van der Waals surface area contributed by atoms with Crippen LogP contribution in [0.4, 0.5) is 5.69 Å². The van der Waals surface area contributed by atoms with Crippen LogP contribution in [0.2, 0.25) is 0 Å². The minimum Gasteiger partial charge on any atom is -0.427 e. The molecule has 172 valence electrons. The van der Waals surface area contributed by atoms with E-state index in [9.17, 15) is 19.5 Å². The molecule has 1 aromatic rings. The molecule has 0 bridgehead atoms. The van der Waals surface area contributed by atoms with E-state index in [1.807, 2.05) is 0 Å². The topological polar surface area (TPSA) is 129 Å². The van der Waals surface area contributed by atoms with Crippen molar-refractivity contribution in [2.24, 2.45) is 11.3 Å². The summed E-state index contributed by atoms with van der Waals surface area (Å²) < 4.78 is 10.2. The quantitative estimate of drug-likeness (QED) is 0.203. The van der Waals surface area contributed by atoms with Gasteiger partial charge in [0, 0.05) is 5.69 Å². The molecule has 2 aliphatic heterocycles. The van der Waals surface area contributed by atoms with Crippen LogP contribution in [0, 0.1) is 16.7 Å². The molecule has 1 fully saturated rings. The summed E-state index contributed by atoms with van der Waals surface area (Å²) >= 11 is 0. The number of aliphatic hydroxyl groups excluding tert-OH is 1. The number of β-lactam (4-membered cyclic amide) rings is 1. The molecule has 0 radical (unpaired) electrons. The minimum atomic E-state index is -0.846. The van der Waals surface area contributed by atoms with Gasteiger partial charge in [0.25, 0.3) is 0 Å². The van der Waals surface area contributed by atoms with Crippen molar-refractivity contribution in [3.8, 4) is 0 Å². The molecule has 3 atom stereocenters. The van der Waals surface area contributed by atoms with Gasteiger partial charge in [-0.05, 0) is 64.3 Å². The number of aliphatic hydroxyl groups is 1. The zero-order chi connectivity index (χ0) is 23.8. The molecule has 2 heterocycles. The van der Waals surface area contributed by atoms with Crippen LogP contribution < -0.4 is 5.32 Å². The van der Waals surface area contributed by atoms with Crippen LogP contribution in [0.5, 0.6) is 0 Å². The number of anilines is 1. The lowest BCUT2D eigenvalue weighted by Gasteiger charge is -2.44. The van der Waals surface area contributed by atoms with Gasteiger partial charge in [0.2, 0.25) is 12.7 Å². The number of amidine groups is 1. The van der Waals surface area contributed by atoms with E-state index >= 15 is 0 Å². The highest BCUT2D eigenvalue weighted by atomic mass is 16.7. The number of amides is 1. The molecule has 0 saturated carbocycles. The van der Waals surface area contributed by atoms with Crippen molar-refractivity contribution >= 4 is 34.9 Å². The lowest BCUT2D eigenvalue weighted by Crippen LogP contribution is -2.61. The van der Waals surface area contributed by atoms with E-state index < -0.39 is 36.2 Å². The summed E-state index contributed by atoms with van der Waals surface area (Å²) in [5, 5.41) is 20.6. The molecule has 1 saturated heterocycles. The summed E-state index contributed by atoms with van der Waals surface area (Å²) in [4.78, 5) is 39.0. The number of rotatable bonds is 6. The van der Waals surface area contributed by atoms with Gasteiger partial charge >= 0.3 is 11.9 Å². The second kappa shape index (κ2) is 8.74. The van der Waals surface area contributed by atoms with Crippen molar-refractivity contribution in [2.45, 2.75) is 53.2 Å². The molecule has 0 aliphatic carbocycles. The molecule has 3 N–H and O–H groups in total. The smallest absolute Gasteiger partial charge is 0.358 e. The van der Waals surface area contributed by atoms with Gasteiger partial charge in [0.1, 0.15) is 5.70 Å². The molecular weight excluding hydrogens is 414 g/mol. The van der Waals surface area contributed by atoms with E-state index in [0.717, 1.165) is 0 Å². The van der Waals surface area contributed by atoms with Crippen molar-refractivity contribution in [3.63, 3.8) is 0 Å². The summed E-state index contributed by atoms with van der Waals surface area (Å²) in [6.45, 7) is 7.66. The lowest BCUT2D eigenvalue weighted by atomic mass is 9.82. The average molecular weight is 444 g/mol. The third-order valence-electron chi connectivity index (χ3n) is 5.46. The van der Waals surface area contributed by atoms with Gasteiger partial charge < -0.3 is 24.8 Å². The van der Waals surface area contributed by atoms with E-state index in [1.165, 1.54) is 4.90 Å². The number of carbonyl (C=O) groups is 3. The Balaban J connectivity index is 1.89. The van der Waals surface area contributed by atoms with Gasteiger partial charge in [-0.2, -0.15) is 0 Å². The maximum Gasteiger partial charge on any atom is 0.358 e.